The summed E-state index contributed by atoms with van der Waals surface area (Å²) >= 11 is 1.59. The summed E-state index contributed by atoms with van der Waals surface area (Å²) in [7, 11) is 0. The fourth-order valence-electron chi connectivity index (χ4n) is 2.20. The molecule has 0 unspecified atom stereocenters. The number of anilines is 1. The van der Waals surface area contributed by atoms with Crippen molar-refractivity contribution in [1.82, 2.24) is 9.88 Å². The predicted molar refractivity (Wildman–Crippen MR) is 67.0 cm³/mol. The summed E-state index contributed by atoms with van der Waals surface area (Å²) in [5.74, 6) is 0. The van der Waals surface area contributed by atoms with Gasteiger partial charge in [-0.15, -0.1) is 23.7 Å². The zero-order chi connectivity index (χ0) is 10.3. The molecule has 1 saturated heterocycles. The minimum atomic E-state index is 0. The second-order valence-corrected chi connectivity index (χ2v) is 5.51. The van der Waals surface area contributed by atoms with Crippen molar-refractivity contribution in [3.05, 3.63) is 11.1 Å². The number of thiazole rings is 1. The summed E-state index contributed by atoms with van der Waals surface area (Å²) in [5.41, 5.74) is 5.99. The van der Waals surface area contributed by atoms with Crippen LogP contribution in [0.25, 0.3) is 0 Å². The first kappa shape index (κ1) is 12.1. The molecule has 4 nitrogen and oxygen atoms in total. The molecule has 1 aromatic heterocycles. The second-order valence-electron chi connectivity index (χ2n) is 4.36. The Balaban J connectivity index is 0.000000963. The summed E-state index contributed by atoms with van der Waals surface area (Å²) < 4.78 is 5.54. The molecule has 1 aliphatic heterocycles. The van der Waals surface area contributed by atoms with Gasteiger partial charge in [-0.2, -0.15) is 0 Å². The van der Waals surface area contributed by atoms with E-state index in [9.17, 15) is 0 Å². The number of hydrogen-bond acceptors (Lipinski definition) is 5. The van der Waals surface area contributed by atoms with Gasteiger partial charge in [-0.3, -0.25) is 4.90 Å². The number of nitrogens with zero attached hydrogens (tertiary/aromatic N) is 2. The number of aromatic nitrogens is 1. The second kappa shape index (κ2) is 4.49. The highest BCUT2D eigenvalue weighted by Gasteiger charge is 2.49. The van der Waals surface area contributed by atoms with Crippen LogP contribution in [-0.4, -0.2) is 35.2 Å². The molecule has 1 saturated carbocycles. The molecule has 0 bridgehead atoms. The monoisotopic (exact) mass is 261 g/mol. The van der Waals surface area contributed by atoms with Gasteiger partial charge < -0.3 is 10.5 Å². The Labute approximate surface area is 105 Å². The first-order valence-electron chi connectivity index (χ1n) is 5.32. The van der Waals surface area contributed by atoms with Gasteiger partial charge in [-0.1, -0.05) is 0 Å². The molecule has 1 aromatic rings. The van der Waals surface area contributed by atoms with E-state index in [1.54, 1.807) is 11.3 Å². The molecule has 0 radical (unpaired) electrons. The molecule has 0 amide bonds. The summed E-state index contributed by atoms with van der Waals surface area (Å²) in [5, 5.41) is 0.670. The van der Waals surface area contributed by atoms with Gasteiger partial charge in [0.1, 0.15) is 0 Å². The summed E-state index contributed by atoms with van der Waals surface area (Å²) in [6.45, 7) is 3.79. The Morgan fingerprint density at radius 2 is 2.38 bits per heavy atom. The molecule has 1 aliphatic carbocycles. The van der Waals surface area contributed by atoms with E-state index in [4.69, 9.17) is 10.5 Å². The molecule has 1 spiro atoms. The fourth-order valence-corrected chi connectivity index (χ4v) is 2.90. The number of morpholine rings is 1. The molecule has 2 aliphatic rings. The van der Waals surface area contributed by atoms with Crippen LogP contribution in [0.1, 0.15) is 17.7 Å². The molecule has 2 heterocycles. The average molecular weight is 262 g/mol. The van der Waals surface area contributed by atoms with Crippen LogP contribution in [-0.2, 0) is 11.3 Å². The van der Waals surface area contributed by atoms with Crippen LogP contribution in [0, 0.1) is 0 Å². The SMILES string of the molecule is Cl.Nc1ncc(CN2CCOCC23CC3)s1. The molecule has 0 aromatic carbocycles. The van der Waals surface area contributed by atoms with E-state index in [0.717, 1.165) is 26.3 Å². The smallest absolute Gasteiger partial charge is 0.180 e. The number of nitrogens with two attached hydrogens (primary N) is 1. The van der Waals surface area contributed by atoms with Crippen LogP contribution in [0.3, 0.4) is 0 Å². The van der Waals surface area contributed by atoms with E-state index in [1.165, 1.54) is 17.7 Å². The Morgan fingerprint density at radius 1 is 1.56 bits per heavy atom. The van der Waals surface area contributed by atoms with Crippen LogP contribution in [0.15, 0.2) is 6.20 Å². The molecule has 0 atom stereocenters. The third kappa shape index (κ3) is 2.18. The molecule has 2 fully saturated rings. The Morgan fingerprint density at radius 3 is 3.00 bits per heavy atom. The van der Waals surface area contributed by atoms with Crippen LogP contribution >= 0.6 is 23.7 Å². The average Bonchev–Trinajstić information content (AvgIpc) is 2.88. The van der Waals surface area contributed by atoms with E-state index in [-0.39, 0.29) is 12.4 Å². The Hall–Kier alpha value is -0.360. The van der Waals surface area contributed by atoms with Crippen LogP contribution in [0.5, 0.6) is 0 Å². The minimum absolute atomic E-state index is 0. The van der Waals surface area contributed by atoms with Crippen molar-refractivity contribution in [3.8, 4) is 0 Å². The van der Waals surface area contributed by atoms with Gasteiger partial charge in [-0.25, -0.2) is 4.98 Å². The molecule has 3 rings (SSSR count). The van der Waals surface area contributed by atoms with E-state index in [1.807, 2.05) is 6.20 Å². The fraction of sp³-hybridized carbons (Fsp3) is 0.700. The quantitative estimate of drug-likeness (QED) is 0.877. The van der Waals surface area contributed by atoms with Crippen molar-refractivity contribution in [3.63, 3.8) is 0 Å². The largest absolute Gasteiger partial charge is 0.378 e. The minimum Gasteiger partial charge on any atom is -0.378 e. The van der Waals surface area contributed by atoms with Crippen molar-refractivity contribution in [2.45, 2.75) is 24.9 Å². The van der Waals surface area contributed by atoms with Crippen molar-refractivity contribution >= 4 is 28.9 Å². The van der Waals surface area contributed by atoms with Crippen LogP contribution < -0.4 is 5.73 Å². The molecular weight excluding hydrogens is 246 g/mol. The molecule has 2 N–H and O–H groups in total. The summed E-state index contributed by atoms with van der Waals surface area (Å²) in [4.78, 5) is 7.88. The molecular formula is C10H16ClN3OS. The van der Waals surface area contributed by atoms with Crippen LogP contribution in [0.4, 0.5) is 5.13 Å². The third-order valence-electron chi connectivity index (χ3n) is 3.29. The lowest BCUT2D eigenvalue weighted by molar-refractivity contribution is -0.0240. The lowest BCUT2D eigenvalue weighted by Crippen LogP contribution is -2.46. The highest BCUT2D eigenvalue weighted by molar-refractivity contribution is 7.15. The lowest BCUT2D eigenvalue weighted by atomic mass is 10.2. The maximum absolute atomic E-state index is 5.63. The Kier molecular flexibility index (Phi) is 3.39. The van der Waals surface area contributed by atoms with Gasteiger partial charge in [-0.05, 0) is 12.8 Å². The number of rotatable bonds is 2. The maximum Gasteiger partial charge on any atom is 0.180 e. The van der Waals surface area contributed by atoms with Gasteiger partial charge in [0.25, 0.3) is 0 Å². The van der Waals surface area contributed by atoms with Gasteiger partial charge in [0.05, 0.1) is 13.2 Å². The van der Waals surface area contributed by atoms with Gasteiger partial charge in [0.2, 0.25) is 0 Å². The first-order valence-corrected chi connectivity index (χ1v) is 6.13. The van der Waals surface area contributed by atoms with Gasteiger partial charge >= 0.3 is 0 Å². The zero-order valence-electron chi connectivity index (χ0n) is 9.02. The van der Waals surface area contributed by atoms with Crippen molar-refractivity contribution in [2.75, 3.05) is 25.5 Å². The highest BCUT2D eigenvalue weighted by atomic mass is 35.5. The standard InChI is InChI=1S/C10H15N3OS.ClH/c11-9-12-5-8(15-9)6-13-3-4-14-7-10(13)1-2-10;/h5H,1-4,6-7H2,(H2,11,12);1H. The van der Waals surface area contributed by atoms with E-state index in [2.05, 4.69) is 9.88 Å². The highest BCUT2D eigenvalue weighted by Crippen LogP contribution is 2.44. The maximum atomic E-state index is 5.63. The van der Waals surface area contributed by atoms with E-state index in [0.29, 0.717) is 10.7 Å². The van der Waals surface area contributed by atoms with Crippen molar-refractivity contribution < 1.29 is 4.74 Å². The first-order chi connectivity index (χ1) is 7.28. The Bertz CT molecular complexity index is 367. The zero-order valence-corrected chi connectivity index (χ0v) is 10.6. The summed E-state index contributed by atoms with van der Waals surface area (Å²) in [6, 6.07) is 0. The number of halogens is 1. The predicted octanol–water partition coefficient (Wildman–Crippen LogP) is 1.51. The van der Waals surface area contributed by atoms with E-state index < -0.39 is 0 Å². The van der Waals surface area contributed by atoms with E-state index >= 15 is 0 Å². The molecule has 6 heteroatoms. The van der Waals surface area contributed by atoms with Crippen molar-refractivity contribution in [1.29, 1.82) is 0 Å². The van der Waals surface area contributed by atoms with Crippen LogP contribution in [0.2, 0.25) is 0 Å². The third-order valence-corrected chi connectivity index (χ3v) is 4.10. The topological polar surface area (TPSA) is 51.4 Å². The summed E-state index contributed by atoms with van der Waals surface area (Å²) in [6.07, 6.45) is 4.45. The molecule has 90 valence electrons. The van der Waals surface area contributed by atoms with Gasteiger partial charge in [0.15, 0.2) is 5.13 Å². The number of ether oxygens (including phenoxy) is 1. The normalized spacial score (nSPS) is 23.0. The molecule has 16 heavy (non-hydrogen) atoms. The number of hydrogen-bond donors (Lipinski definition) is 1. The van der Waals surface area contributed by atoms with Gasteiger partial charge in [0, 0.05) is 29.7 Å². The van der Waals surface area contributed by atoms with Crippen molar-refractivity contribution in [2.24, 2.45) is 0 Å². The lowest BCUT2D eigenvalue weighted by Gasteiger charge is -2.35. The number of nitrogen functional groups attached to an aromatic ring is 1.